The number of nitriles is 1. The second-order valence-electron chi connectivity index (χ2n) is 9.57. The van der Waals surface area contributed by atoms with E-state index in [1.54, 1.807) is 13.0 Å². The minimum atomic E-state index is -0.738. The summed E-state index contributed by atoms with van der Waals surface area (Å²) in [7, 11) is 0. The van der Waals surface area contributed by atoms with Crippen molar-refractivity contribution in [1.29, 1.82) is 5.26 Å². The Morgan fingerprint density at radius 2 is 1.40 bits per heavy atom. The molecular formula is C38H30BrClMgN4O3. The summed E-state index contributed by atoms with van der Waals surface area (Å²) < 4.78 is 4.17. The van der Waals surface area contributed by atoms with Gasteiger partial charge >= 0.3 is 34.2 Å². The van der Waals surface area contributed by atoms with Crippen LogP contribution in [0.1, 0.15) is 12.5 Å². The van der Waals surface area contributed by atoms with Crippen LogP contribution < -0.4 is 28.4 Å². The van der Waals surface area contributed by atoms with Crippen molar-refractivity contribution in [3.8, 4) is 17.3 Å². The van der Waals surface area contributed by atoms with Crippen LogP contribution in [0, 0.1) is 17.4 Å². The Labute approximate surface area is 310 Å². The molecule has 0 spiro atoms. The minimum absolute atomic E-state index is 0. The van der Waals surface area contributed by atoms with E-state index in [9.17, 15) is 9.59 Å². The second kappa shape index (κ2) is 20.5. The van der Waals surface area contributed by atoms with E-state index >= 15 is 0 Å². The summed E-state index contributed by atoms with van der Waals surface area (Å²) in [6, 6.07) is 47.9. The Balaban J connectivity index is 0.000000253. The van der Waals surface area contributed by atoms with Crippen LogP contribution in [0.25, 0.3) is 43.7 Å². The third-order valence-electron chi connectivity index (χ3n) is 6.63. The van der Waals surface area contributed by atoms with Crippen LogP contribution in [0.15, 0.2) is 138 Å². The number of halogens is 2. The minimum Gasteiger partial charge on any atom is -1.00 e. The third-order valence-corrected chi connectivity index (χ3v) is 6.74. The first-order valence-corrected chi connectivity index (χ1v) is 14.7. The number of aromatic nitrogens is 2. The van der Waals surface area contributed by atoms with Crippen molar-refractivity contribution >= 4 is 78.2 Å². The van der Waals surface area contributed by atoms with E-state index in [0.717, 1.165) is 43.7 Å². The number of carbonyl (C=O) groups is 1. The molecule has 0 saturated heterocycles. The summed E-state index contributed by atoms with van der Waals surface area (Å²) in [5.41, 5.74) is 8.37. The van der Waals surface area contributed by atoms with E-state index in [1.165, 1.54) is 0 Å². The number of nitrogens with zero attached hydrogens (tertiary/aromatic N) is 2. The van der Waals surface area contributed by atoms with Gasteiger partial charge in [0.2, 0.25) is 0 Å². The number of nitrogen functional groups attached to an aromatic ring is 1. The van der Waals surface area contributed by atoms with Crippen molar-refractivity contribution in [3.05, 3.63) is 156 Å². The Morgan fingerprint density at radius 1 is 0.833 bits per heavy atom. The average Bonchev–Trinajstić information content (AvgIpc) is 3.10. The summed E-state index contributed by atoms with van der Waals surface area (Å²) >= 11 is 4.72. The molecule has 0 atom stereocenters. The molecule has 0 aliphatic heterocycles. The quantitative estimate of drug-likeness (QED) is 0.0794. The number of nitrogens with one attached hydrogen (secondary N) is 1. The van der Waals surface area contributed by atoms with E-state index in [-0.39, 0.29) is 45.7 Å². The number of fused-ring (bicyclic) bond motifs is 4. The smallest absolute Gasteiger partial charge is 1.00 e. The molecule has 0 amide bonds. The zero-order valence-corrected chi connectivity index (χ0v) is 29.8. The van der Waals surface area contributed by atoms with Crippen LogP contribution >= 0.6 is 11.6 Å². The van der Waals surface area contributed by atoms with E-state index in [4.69, 9.17) is 22.6 Å². The van der Waals surface area contributed by atoms with E-state index in [2.05, 4.69) is 32.9 Å². The zero-order valence-electron chi connectivity index (χ0n) is 26.1. The Hall–Kier alpha value is -4.72. The van der Waals surface area contributed by atoms with E-state index < -0.39 is 5.43 Å². The maximum Gasteiger partial charge on any atom is 2.00 e. The van der Waals surface area contributed by atoms with Crippen molar-refractivity contribution in [2.24, 2.45) is 0 Å². The van der Waals surface area contributed by atoms with Gasteiger partial charge in [-0.1, -0.05) is 97.1 Å². The first kappa shape index (κ1) is 39.5. The number of ether oxygens (including phenoxy) is 1. The molecule has 0 unspecified atom stereocenters. The van der Waals surface area contributed by atoms with Crippen LogP contribution in [0.3, 0.4) is 0 Å². The predicted molar refractivity (Wildman–Crippen MR) is 192 cm³/mol. The first-order chi connectivity index (χ1) is 22.4. The monoisotopic (exact) mass is 728 g/mol. The largest absolute Gasteiger partial charge is 2.00 e. The molecular weight excluding hydrogens is 700 g/mol. The number of hydrogen-bond acceptors (Lipinski definition) is 6. The summed E-state index contributed by atoms with van der Waals surface area (Å²) in [5.74, 6) is 0. The topological polar surface area (TPSA) is 122 Å². The fourth-order valence-electron chi connectivity index (χ4n) is 4.56. The molecule has 0 saturated carbocycles. The molecule has 7 nitrogen and oxygen atoms in total. The number of rotatable bonds is 2. The van der Waals surface area contributed by atoms with Crippen LogP contribution in [-0.2, 0) is 4.74 Å². The van der Waals surface area contributed by atoms with Gasteiger partial charge in [0.05, 0.1) is 29.1 Å². The number of nitrogens with two attached hydrogens (primary N) is 1. The number of H-pyrrole nitrogens is 1. The van der Waals surface area contributed by atoms with Crippen LogP contribution in [0.5, 0.6) is 0 Å². The average molecular weight is 730 g/mol. The standard InChI is InChI=1S/C18H12N2O.C11H8N2.C6H5.C3H5ClO2.BrH.Mg/c21-18-19-16(13-7-2-1-3-8-13)15-11-10-12-6-4-5-9-14(12)17(15)20-18;12-7-9-6-5-8-3-1-2-4-10(8)11(9)13;1-2-4-6-5-3-1;1-2-6-3(4)5;;/h1-11H,(H,19,20,21);1-6H,13H2;1-5H;2H2,1H3;1H;/q;;-1;;;+2/p-1. The van der Waals surface area contributed by atoms with Crippen molar-refractivity contribution in [2.45, 2.75) is 6.92 Å². The van der Waals surface area contributed by atoms with Gasteiger partial charge in [0, 0.05) is 33.3 Å². The van der Waals surface area contributed by atoms with Gasteiger partial charge in [-0.05, 0) is 23.8 Å². The number of aromatic amines is 1. The second-order valence-corrected chi connectivity index (χ2v) is 9.88. The summed E-state index contributed by atoms with van der Waals surface area (Å²) in [6.45, 7) is 2.04. The van der Waals surface area contributed by atoms with Gasteiger partial charge in [0.1, 0.15) is 6.07 Å². The fraction of sp³-hybridized carbons (Fsp3) is 0.0526. The zero-order chi connectivity index (χ0) is 32.7. The van der Waals surface area contributed by atoms with Gasteiger partial charge < -0.3 is 32.4 Å². The fourth-order valence-corrected chi connectivity index (χ4v) is 4.67. The molecule has 0 aliphatic rings. The van der Waals surface area contributed by atoms with Gasteiger partial charge in [-0.3, -0.25) is 0 Å². The number of hydrogen-bond donors (Lipinski definition) is 2. The Kier molecular flexibility index (Phi) is 16.8. The molecule has 10 heteroatoms. The Morgan fingerprint density at radius 3 is 1.94 bits per heavy atom. The molecule has 6 aromatic carbocycles. The van der Waals surface area contributed by atoms with Gasteiger partial charge in [-0.2, -0.15) is 46.6 Å². The van der Waals surface area contributed by atoms with Crippen LogP contribution in [0.4, 0.5) is 10.5 Å². The molecule has 3 N–H and O–H groups in total. The molecule has 7 aromatic rings. The van der Waals surface area contributed by atoms with Gasteiger partial charge in [-0.15, -0.1) is 0 Å². The van der Waals surface area contributed by atoms with Crippen LogP contribution in [-0.4, -0.2) is 45.1 Å². The van der Waals surface area contributed by atoms with Crippen molar-refractivity contribution in [2.75, 3.05) is 12.3 Å². The van der Waals surface area contributed by atoms with Gasteiger partial charge in [0.25, 0.3) is 0 Å². The number of anilines is 1. The van der Waals surface area contributed by atoms with Crippen molar-refractivity contribution in [1.82, 2.24) is 9.97 Å². The molecule has 48 heavy (non-hydrogen) atoms. The molecule has 0 radical (unpaired) electrons. The normalized spacial score (nSPS) is 9.44. The number of benzene rings is 6. The maximum atomic E-state index is 12.0. The Bertz CT molecular complexity index is 2130. The number of carbonyl (C=O) groups excluding carboxylic acids is 1. The summed E-state index contributed by atoms with van der Waals surface area (Å²) in [4.78, 5) is 28.6. The SMILES string of the molecule is CCOC(=O)Cl.N#Cc1ccc2ccccc2c1N.O=c1nc(-c2ccccc2)c2ccc3ccccc3c2[nH]1.[Br-].[Mg+2].[c-]1ccccc1. The molecule has 0 aliphatic carbocycles. The first-order valence-electron chi connectivity index (χ1n) is 14.3. The van der Waals surface area contributed by atoms with E-state index in [0.29, 0.717) is 17.9 Å². The molecule has 0 fully saturated rings. The van der Waals surface area contributed by atoms with Gasteiger partial charge in [-0.25, -0.2) is 9.59 Å². The molecule has 1 heterocycles. The molecule has 236 valence electrons. The van der Waals surface area contributed by atoms with Gasteiger partial charge in [0.15, 0.2) is 0 Å². The summed E-state index contributed by atoms with van der Waals surface area (Å²) in [6.07, 6.45) is 0. The summed E-state index contributed by atoms with van der Waals surface area (Å²) in [5, 5.41) is 13.9. The van der Waals surface area contributed by atoms with Crippen molar-refractivity contribution < 1.29 is 26.5 Å². The predicted octanol–water partition coefficient (Wildman–Crippen LogP) is 5.53. The molecule has 1 aromatic heterocycles. The van der Waals surface area contributed by atoms with Crippen LogP contribution in [0.2, 0.25) is 0 Å². The van der Waals surface area contributed by atoms with Crippen molar-refractivity contribution in [3.63, 3.8) is 0 Å². The third kappa shape index (κ3) is 10.9. The maximum absolute atomic E-state index is 12.0. The molecule has 7 rings (SSSR count). The van der Waals surface area contributed by atoms with E-state index in [1.807, 2.05) is 121 Å². The molecule has 0 bridgehead atoms.